The van der Waals surface area contributed by atoms with Gasteiger partial charge in [-0.3, -0.25) is 9.78 Å². The van der Waals surface area contributed by atoms with Gasteiger partial charge < -0.3 is 13.8 Å². The molecule has 0 spiro atoms. The smallest absolute Gasteiger partial charge is 0.227 e. The normalized spacial score (nSPS) is 10.9. The van der Waals surface area contributed by atoms with Gasteiger partial charge in [-0.2, -0.15) is 4.98 Å². The quantitative estimate of drug-likeness (QED) is 0.450. The molecule has 1 amide bonds. The molecule has 8 heteroatoms. The first kappa shape index (κ1) is 18.1. The van der Waals surface area contributed by atoms with E-state index in [0.29, 0.717) is 31.2 Å². The Balaban J connectivity index is 1.40. The molecule has 0 saturated heterocycles. The summed E-state index contributed by atoms with van der Waals surface area (Å²) in [6.45, 7) is 0.971. The summed E-state index contributed by atoms with van der Waals surface area (Å²) >= 11 is 1.63. The Morgan fingerprint density at radius 1 is 1.11 bits per heavy atom. The molecule has 0 bridgehead atoms. The van der Waals surface area contributed by atoms with Gasteiger partial charge in [-0.25, -0.2) is 0 Å². The van der Waals surface area contributed by atoms with Gasteiger partial charge in [0, 0.05) is 35.7 Å². The minimum Gasteiger partial charge on any atom is -0.467 e. The molecule has 0 fully saturated rings. The van der Waals surface area contributed by atoms with E-state index in [0.717, 1.165) is 16.2 Å². The number of furan rings is 1. The van der Waals surface area contributed by atoms with E-state index in [9.17, 15) is 4.79 Å². The molecule has 0 atom stereocenters. The molecular weight excluding hydrogens is 376 g/mol. The molecule has 0 aromatic carbocycles. The minimum atomic E-state index is 0.00783. The predicted molar refractivity (Wildman–Crippen MR) is 103 cm³/mol. The highest BCUT2D eigenvalue weighted by Gasteiger charge is 2.18. The van der Waals surface area contributed by atoms with Crippen molar-refractivity contribution in [2.24, 2.45) is 0 Å². The number of aryl methyl sites for hydroxylation is 1. The minimum absolute atomic E-state index is 0.00783. The van der Waals surface area contributed by atoms with Gasteiger partial charge in [0.15, 0.2) is 0 Å². The Hall–Kier alpha value is -3.26. The van der Waals surface area contributed by atoms with Crippen molar-refractivity contribution >= 4 is 17.2 Å². The molecule has 4 aromatic heterocycles. The number of pyridine rings is 1. The molecule has 0 aliphatic rings. The fraction of sp³-hybridized carbons (Fsp3) is 0.200. The lowest BCUT2D eigenvalue weighted by molar-refractivity contribution is -0.132. The van der Waals surface area contributed by atoms with Crippen LogP contribution in [0.2, 0.25) is 0 Å². The zero-order valence-electron chi connectivity index (χ0n) is 15.0. The van der Waals surface area contributed by atoms with Crippen LogP contribution in [0.15, 0.2) is 69.4 Å². The molecule has 0 unspecified atom stereocenters. The van der Waals surface area contributed by atoms with E-state index >= 15 is 0 Å². The lowest BCUT2D eigenvalue weighted by Crippen LogP contribution is -2.29. The number of amides is 1. The monoisotopic (exact) mass is 394 g/mol. The van der Waals surface area contributed by atoms with E-state index in [4.69, 9.17) is 8.94 Å². The van der Waals surface area contributed by atoms with E-state index in [2.05, 4.69) is 15.1 Å². The number of rotatable bonds is 8. The molecule has 4 heterocycles. The molecule has 0 aliphatic carbocycles. The zero-order valence-corrected chi connectivity index (χ0v) is 15.8. The van der Waals surface area contributed by atoms with Gasteiger partial charge in [-0.1, -0.05) is 11.2 Å². The second-order valence-corrected chi connectivity index (χ2v) is 7.19. The summed E-state index contributed by atoms with van der Waals surface area (Å²) in [6.07, 6.45) is 5.63. The fourth-order valence-electron chi connectivity index (χ4n) is 2.76. The largest absolute Gasteiger partial charge is 0.467 e. The molecule has 0 aliphatic heterocycles. The number of hydrogen-bond donors (Lipinski definition) is 0. The van der Waals surface area contributed by atoms with Gasteiger partial charge in [0.1, 0.15) is 5.76 Å². The first-order chi connectivity index (χ1) is 13.8. The van der Waals surface area contributed by atoms with Crippen molar-refractivity contribution < 1.29 is 13.7 Å². The first-order valence-electron chi connectivity index (χ1n) is 8.83. The Kier molecular flexibility index (Phi) is 5.58. The summed E-state index contributed by atoms with van der Waals surface area (Å²) in [5.74, 6) is 1.70. The van der Waals surface area contributed by atoms with Gasteiger partial charge in [0.2, 0.25) is 17.6 Å². The Labute approximate surface area is 165 Å². The van der Waals surface area contributed by atoms with Crippen molar-refractivity contribution in [1.29, 1.82) is 0 Å². The second-order valence-electron chi connectivity index (χ2n) is 6.16. The number of aromatic nitrogens is 3. The van der Waals surface area contributed by atoms with Crippen LogP contribution in [0.5, 0.6) is 0 Å². The highest BCUT2D eigenvalue weighted by Crippen LogP contribution is 2.18. The summed E-state index contributed by atoms with van der Waals surface area (Å²) in [5.41, 5.74) is 0.827. The number of carbonyl (C=O) groups excluding carboxylic acids is 1. The summed E-state index contributed by atoms with van der Waals surface area (Å²) in [5, 5.41) is 5.98. The summed E-state index contributed by atoms with van der Waals surface area (Å²) in [7, 11) is 0. The second kappa shape index (κ2) is 8.62. The van der Waals surface area contributed by atoms with Crippen LogP contribution in [0.1, 0.15) is 22.9 Å². The van der Waals surface area contributed by atoms with Crippen LogP contribution in [-0.2, 0) is 24.3 Å². The standard InChI is InChI=1S/C20H18N4O3S/c25-19(6-5-18-22-20(23-27-18)15-7-9-21-10-8-15)24(13-16-3-1-11-26-16)14-17-4-2-12-28-17/h1-4,7-12H,5-6,13-14H2. The third kappa shape index (κ3) is 4.52. The van der Waals surface area contributed by atoms with Crippen LogP contribution in [0.25, 0.3) is 11.4 Å². The number of thiophene rings is 1. The maximum atomic E-state index is 12.8. The molecular formula is C20H18N4O3S. The van der Waals surface area contributed by atoms with Crippen molar-refractivity contribution in [3.8, 4) is 11.4 Å². The van der Waals surface area contributed by atoms with Crippen molar-refractivity contribution in [3.63, 3.8) is 0 Å². The predicted octanol–water partition coefficient (Wildman–Crippen LogP) is 3.95. The SMILES string of the molecule is O=C(CCc1nc(-c2ccncc2)no1)N(Cc1ccco1)Cc1cccs1. The van der Waals surface area contributed by atoms with Crippen molar-refractivity contribution in [1.82, 2.24) is 20.0 Å². The Morgan fingerprint density at radius 2 is 2.00 bits per heavy atom. The van der Waals surface area contributed by atoms with Crippen LogP contribution < -0.4 is 0 Å². The summed E-state index contributed by atoms with van der Waals surface area (Å²) < 4.78 is 10.7. The Bertz CT molecular complexity index is 961. The van der Waals surface area contributed by atoms with Crippen LogP contribution >= 0.6 is 11.3 Å². The van der Waals surface area contributed by atoms with E-state index < -0.39 is 0 Å². The zero-order chi connectivity index (χ0) is 19.2. The van der Waals surface area contributed by atoms with Crippen LogP contribution in [0, 0.1) is 0 Å². The van der Waals surface area contributed by atoms with E-state index in [1.54, 1.807) is 34.9 Å². The number of nitrogens with zero attached hydrogens (tertiary/aromatic N) is 4. The molecule has 4 aromatic rings. The molecule has 0 saturated carbocycles. The fourth-order valence-corrected chi connectivity index (χ4v) is 3.48. The number of carbonyl (C=O) groups is 1. The van der Waals surface area contributed by atoms with Crippen molar-refractivity contribution in [2.75, 3.05) is 0 Å². The average molecular weight is 394 g/mol. The molecule has 142 valence electrons. The van der Waals surface area contributed by atoms with Gasteiger partial charge in [-0.05, 0) is 35.7 Å². The van der Waals surface area contributed by atoms with Crippen LogP contribution in [-0.4, -0.2) is 25.9 Å². The van der Waals surface area contributed by atoms with Gasteiger partial charge in [0.25, 0.3) is 0 Å². The summed E-state index contributed by atoms with van der Waals surface area (Å²) in [4.78, 5) is 24.1. The van der Waals surface area contributed by atoms with E-state index in [1.165, 1.54) is 0 Å². The van der Waals surface area contributed by atoms with Gasteiger partial charge >= 0.3 is 0 Å². The molecule has 0 radical (unpaired) electrons. The Morgan fingerprint density at radius 3 is 2.75 bits per heavy atom. The lowest BCUT2D eigenvalue weighted by Gasteiger charge is -2.20. The maximum absolute atomic E-state index is 12.8. The summed E-state index contributed by atoms with van der Waals surface area (Å²) in [6, 6.07) is 11.3. The lowest BCUT2D eigenvalue weighted by atomic mass is 10.2. The third-order valence-corrected chi connectivity index (χ3v) is 5.03. The maximum Gasteiger partial charge on any atom is 0.227 e. The van der Waals surface area contributed by atoms with Gasteiger partial charge in [-0.15, -0.1) is 11.3 Å². The first-order valence-corrected chi connectivity index (χ1v) is 9.71. The third-order valence-electron chi connectivity index (χ3n) is 4.17. The van der Waals surface area contributed by atoms with Crippen LogP contribution in [0.3, 0.4) is 0 Å². The molecule has 28 heavy (non-hydrogen) atoms. The average Bonchev–Trinajstić information content (AvgIpc) is 3.49. The van der Waals surface area contributed by atoms with Crippen molar-refractivity contribution in [2.45, 2.75) is 25.9 Å². The number of hydrogen-bond acceptors (Lipinski definition) is 7. The van der Waals surface area contributed by atoms with E-state index in [1.807, 2.05) is 41.8 Å². The molecule has 0 N–H and O–H groups in total. The topological polar surface area (TPSA) is 85.3 Å². The van der Waals surface area contributed by atoms with Gasteiger partial charge in [0.05, 0.1) is 19.4 Å². The van der Waals surface area contributed by atoms with Crippen LogP contribution in [0.4, 0.5) is 0 Å². The molecule has 4 rings (SSSR count). The highest BCUT2D eigenvalue weighted by molar-refractivity contribution is 7.09. The van der Waals surface area contributed by atoms with Crippen molar-refractivity contribution in [3.05, 3.63) is 77.0 Å². The van der Waals surface area contributed by atoms with E-state index in [-0.39, 0.29) is 12.3 Å². The molecule has 7 nitrogen and oxygen atoms in total. The highest BCUT2D eigenvalue weighted by atomic mass is 32.1.